The molecule has 2 aromatic rings. The second-order valence-corrected chi connectivity index (χ2v) is 4.20. The molecule has 4 nitrogen and oxygen atoms in total. The minimum absolute atomic E-state index is 0.294. The lowest BCUT2D eigenvalue weighted by Gasteiger charge is -2.11. The Morgan fingerprint density at radius 1 is 1.17 bits per heavy atom. The molecule has 0 aromatic heterocycles. The monoisotopic (exact) mass is 261 g/mol. The van der Waals surface area contributed by atoms with Gasteiger partial charge in [-0.15, -0.1) is 0 Å². The van der Waals surface area contributed by atoms with E-state index in [9.17, 15) is 4.79 Å². The van der Waals surface area contributed by atoms with Crippen molar-refractivity contribution in [3.05, 3.63) is 53.1 Å². The lowest BCUT2D eigenvalue weighted by Crippen LogP contribution is -2.14. The third kappa shape index (κ3) is 2.55. The molecule has 5 heteroatoms. The summed E-state index contributed by atoms with van der Waals surface area (Å²) in [6, 6.07) is 12.3. The van der Waals surface area contributed by atoms with E-state index in [4.69, 9.17) is 23.1 Å². The fraction of sp³-hybridized carbons (Fsp3) is 0. The summed E-state index contributed by atoms with van der Waals surface area (Å²) < 4.78 is 0. The van der Waals surface area contributed by atoms with Crippen LogP contribution in [0.1, 0.15) is 10.4 Å². The lowest BCUT2D eigenvalue weighted by atomic mass is 10.1. The van der Waals surface area contributed by atoms with Crippen LogP contribution in [-0.2, 0) is 0 Å². The van der Waals surface area contributed by atoms with Gasteiger partial charge in [0, 0.05) is 10.7 Å². The summed E-state index contributed by atoms with van der Waals surface area (Å²) in [5, 5.41) is 3.71. The van der Waals surface area contributed by atoms with Crippen molar-refractivity contribution in [2.45, 2.75) is 0 Å². The summed E-state index contributed by atoms with van der Waals surface area (Å²) in [7, 11) is 0. The van der Waals surface area contributed by atoms with Gasteiger partial charge in [-0.2, -0.15) is 0 Å². The van der Waals surface area contributed by atoms with Gasteiger partial charge in [0.05, 0.1) is 16.9 Å². The van der Waals surface area contributed by atoms with Crippen LogP contribution in [0.4, 0.5) is 17.1 Å². The molecule has 2 aromatic carbocycles. The highest BCUT2D eigenvalue weighted by molar-refractivity contribution is 6.30. The number of carbonyl (C=O) groups excluding carboxylic acids is 1. The normalized spacial score (nSPS) is 10.1. The maximum atomic E-state index is 11.2. The van der Waals surface area contributed by atoms with Crippen molar-refractivity contribution in [1.29, 1.82) is 0 Å². The van der Waals surface area contributed by atoms with Gasteiger partial charge in [0.2, 0.25) is 0 Å². The number of carbonyl (C=O) groups is 1. The highest BCUT2D eigenvalue weighted by atomic mass is 35.5. The molecule has 0 heterocycles. The van der Waals surface area contributed by atoms with Crippen LogP contribution >= 0.6 is 11.6 Å². The number of benzene rings is 2. The highest BCUT2D eigenvalue weighted by Crippen LogP contribution is 2.27. The van der Waals surface area contributed by atoms with Gasteiger partial charge in [-0.05, 0) is 30.3 Å². The summed E-state index contributed by atoms with van der Waals surface area (Å²) in [6.45, 7) is 0. The molecule has 0 bridgehead atoms. The Labute approximate surface area is 110 Å². The van der Waals surface area contributed by atoms with Crippen molar-refractivity contribution in [3.8, 4) is 0 Å². The van der Waals surface area contributed by atoms with Crippen molar-refractivity contribution in [1.82, 2.24) is 0 Å². The fourth-order valence-corrected chi connectivity index (χ4v) is 1.80. The van der Waals surface area contributed by atoms with Gasteiger partial charge in [-0.1, -0.05) is 23.7 Å². The molecular weight excluding hydrogens is 250 g/mol. The first kappa shape index (κ1) is 12.3. The molecule has 18 heavy (non-hydrogen) atoms. The molecule has 0 aliphatic rings. The largest absolute Gasteiger partial charge is 0.396 e. The first-order chi connectivity index (χ1) is 8.58. The van der Waals surface area contributed by atoms with E-state index in [2.05, 4.69) is 5.32 Å². The van der Waals surface area contributed by atoms with E-state index in [1.54, 1.807) is 30.3 Å². The van der Waals surface area contributed by atoms with Crippen molar-refractivity contribution < 1.29 is 4.79 Å². The summed E-state index contributed by atoms with van der Waals surface area (Å²) in [6.07, 6.45) is 0. The van der Waals surface area contributed by atoms with Crippen molar-refractivity contribution in [2.24, 2.45) is 5.73 Å². The molecule has 0 aliphatic carbocycles. The quantitative estimate of drug-likeness (QED) is 0.743. The average Bonchev–Trinajstić information content (AvgIpc) is 2.31. The predicted molar refractivity (Wildman–Crippen MR) is 74.1 cm³/mol. The number of nitrogens with one attached hydrogen (secondary N) is 1. The van der Waals surface area contributed by atoms with E-state index in [1.807, 2.05) is 12.1 Å². The second-order valence-electron chi connectivity index (χ2n) is 3.77. The Morgan fingerprint density at radius 2 is 1.89 bits per heavy atom. The third-order valence-corrected chi connectivity index (χ3v) is 2.71. The van der Waals surface area contributed by atoms with Crippen LogP contribution in [-0.4, -0.2) is 5.91 Å². The van der Waals surface area contributed by atoms with E-state index in [1.165, 1.54) is 0 Å². The van der Waals surface area contributed by atoms with Crippen molar-refractivity contribution in [2.75, 3.05) is 11.1 Å². The van der Waals surface area contributed by atoms with Crippen LogP contribution in [0.2, 0.25) is 5.02 Å². The van der Waals surface area contributed by atoms with E-state index in [-0.39, 0.29) is 0 Å². The number of rotatable bonds is 3. The average molecular weight is 262 g/mol. The van der Waals surface area contributed by atoms with Crippen molar-refractivity contribution >= 4 is 34.6 Å². The molecule has 0 unspecified atom stereocenters. The third-order valence-electron chi connectivity index (χ3n) is 2.48. The fourth-order valence-electron chi connectivity index (χ4n) is 1.61. The van der Waals surface area contributed by atoms with Gasteiger partial charge in [-0.25, -0.2) is 0 Å². The summed E-state index contributed by atoms with van der Waals surface area (Å²) in [5.41, 5.74) is 13.1. The topological polar surface area (TPSA) is 81.1 Å². The van der Waals surface area contributed by atoms with Crippen LogP contribution < -0.4 is 16.8 Å². The minimum atomic E-state index is -0.553. The van der Waals surface area contributed by atoms with Gasteiger partial charge >= 0.3 is 0 Å². The standard InChI is InChI=1S/C13H12ClN3O/c14-8-3-1-4-9(7-8)17-11-6-2-5-10(12(11)15)13(16)18/h1-7,17H,15H2,(H2,16,18). The lowest BCUT2D eigenvalue weighted by molar-refractivity contribution is 0.100. The number of para-hydroxylation sites is 1. The molecule has 2 rings (SSSR count). The predicted octanol–water partition coefficient (Wildman–Crippen LogP) is 2.76. The zero-order valence-electron chi connectivity index (χ0n) is 9.48. The molecule has 0 spiro atoms. The molecule has 0 saturated heterocycles. The first-order valence-electron chi connectivity index (χ1n) is 5.29. The molecule has 0 saturated carbocycles. The zero-order chi connectivity index (χ0) is 13.1. The number of hydrogen-bond donors (Lipinski definition) is 3. The molecule has 0 fully saturated rings. The van der Waals surface area contributed by atoms with E-state index < -0.39 is 5.91 Å². The Balaban J connectivity index is 2.35. The Hall–Kier alpha value is -2.20. The maximum absolute atomic E-state index is 11.2. The van der Waals surface area contributed by atoms with Crippen LogP contribution in [0.15, 0.2) is 42.5 Å². The molecule has 92 valence electrons. The van der Waals surface area contributed by atoms with Crippen molar-refractivity contribution in [3.63, 3.8) is 0 Å². The van der Waals surface area contributed by atoms with Crippen LogP contribution in [0.3, 0.4) is 0 Å². The first-order valence-corrected chi connectivity index (χ1v) is 5.66. The smallest absolute Gasteiger partial charge is 0.250 e. The number of nitrogens with two attached hydrogens (primary N) is 2. The Bertz CT molecular complexity index is 599. The molecule has 0 radical (unpaired) electrons. The Morgan fingerprint density at radius 3 is 2.56 bits per heavy atom. The van der Waals surface area contributed by atoms with Gasteiger partial charge in [0.25, 0.3) is 5.91 Å². The van der Waals surface area contributed by atoms with E-state index in [0.29, 0.717) is 22.0 Å². The number of hydrogen-bond acceptors (Lipinski definition) is 3. The van der Waals surface area contributed by atoms with Crippen LogP contribution in [0.5, 0.6) is 0 Å². The van der Waals surface area contributed by atoms with Gasteiger partial charge in [0.15, 0.2) is 0 Å². The van der Waals surface area contributed by atoms with Crippen LogP contribution in [0.25, 0.3) is 0 Å². The highest BCUT2D eigenvalue weighted by Gasteiger charge is 2.09. The number of anilines is 3. The maximum Gasteiger partial charge on any atom is 0.250 e. The number of amides is 1. The SMILES string of the molecule is NC(=O)c1cccc(Nc2cccc(Cl)c2)c1N. The van der Waals surface area contributed by atoms with E-state index >= 15 is 0 Å². The molecule has 0 atom stereocenters. The summed E-state index contributed by atoms with van der Waals surface area (Å²) >= 11 is 5.89. The second kappa shape index (κ2) is 4.98. The minimum Gasteiger partial charge on any atom is -0.396 e. The zero-order valence-corrected chi connectivity index (χ0v) is 10.2. The van der Waals surface area contributed by atoms with Gasteiger partial charge in [0.1, 0.15) is 0 Å². The van der Waals surface area contributed by atoms with Gasteiger partial charge < -0.3 is 16.8 Å². The number of primary amides is 1. The van der Waals surface area contributed by atoms with Gasteiger partial charge in [-0.3, -0.25) is 4.79 Å². The number of nitrogen functional groups attached to an aromatic ring is 1. The summed E-state index contributed by atoms with van der Waals surface area (Å²) in [4.78, 5) is 11.2. The van der Waals surface area contributed by atoms with Crippen LogP contribution in [0, 0.1) is 0 Å². The molecule has 5 N–H and O–H groups in total. The van der Waals surface area contributed by atoms with E-state index in [0.717, 1.165) is 5.69 Å². The molecule has 0 aliphatic heterocycles. The molecular formula is C13H12ClN3O. The Kier molecular flexibility index (Phi) is 3.39. The number of halogens is 1. The molecule has 1 amide bonds. The summed E-state index contributed by atoms with van der Waals surface area (Å²) in [5.74, 6) is -0.553.